The van der Waals surface area contributed by atoms with Gasteiger partial charge in [0.05, 0.1) is 18.7 Å². The lowest BCUT2D eigenvalue weighted by molar-refractivity contribution is -0.132. The van der Waals surface area contributed by atoms with Crippen LogP contribution >= 0.6 is 15.9 Å². The monoisotopic (exact) mass is 484 g/mol. The highest BCUT2D eigenvalue weighted by Crippen LogP contribution is 2.36. The van der Waals surface area contributed by atoms with Gasteiger partial charge in [0, 0.05) is 23.2 Å². The summed E-state index contributed by atoms with van der Waals surface area (Å²) in [5, 5.41) is 10.2. The molecule has 0 bridgehead atoms. The van der Waals surface area contributed by atoms with Crippen molar-refractivity contribution in [2.75, 3.05) is 25.5 Å². The first-order valence-corrected chi connectivity index (χ1v) is 10.8. The second-order valence-corrected chi connectivity index (χ2v) is 8.64. The molecule has 0 aliphatic carbocycles. The first kappa shape index (κ1) is 19.9. The van der Waals surface area contributed by atoms with Crippen molar-refractivity contribution < 1.29 is 19.1 Å². The molecule has 0 fully saturated rings. The molecule has 0 radical (unpaired) electrons. The molecule has 3 aliphatic rings. The number of rotatable bonds is 3. The highest BCUT2D eigenvalue weighted by Gasteiger charge is 2.30. The average molecular weight is 485 g/mol. The minimum atomic E-state index is -0.252. The van der Waals surface area contributed by atoms with Crippen LogP contribution in [0.4, 0.5) is 5.69 Å². The summed E-state index contributed by atoms with van der Waals surface area (Å²) in [6.45, 7) is 3.22. The number of hydrogen-bond donors (Lipinski definition) is 1. The van der Waals surface area contributed by atoms with E-state index in [9.17, 15) is 4.79 Å². The maximum Gasteiger partial charge on any atom is 0.247 e. The number of nitrogens with zero attached hydrogens (tertiary/aromatic N) is 3. The van der Waals surface area contributed by atoms with Crippen LogP contribution in [0.3, 0.4) is 0 Å². The number of halogens is 1. The number of aryl methyl sites for hydroxylation is 1. The van der Waals surface area contributed by atoms with Crippen LogP contribution in [0.1, 0.15) is 28.7 Å². The minimum absolute atomic E-state index is 0.119. The van der Waals surface area contributed by atoms with Crippen LogP contribution in [0.15, 0.2) is 40.6 Å². The lowest BCUT2D eigenvalue weighted by atomic mass is 9.94. The number of amides is 1. The van der Waals surface area contributed by atoms with Crippen LogP contribution in [-0.4, -0.2) is 47.1 Å². The van der Waals surface area contributed by atoms with Crippen molar-refractivity contribution in [2.24, 2.45) is 10.3 Å². The molecule has 160 valence electrons. The molecule has 1 atom stereocenters. The van der Waals surface area contributed by atoms with Crippen LogP contribution in [0.2, 0.25) is 0 Å². The molecular weight excluding hydrogens is 464 g/mol. The Morgan fingerprint density at radius 2 is 1.97 bits per heavy atom. The Morgan fingerprint density at radius 1 is 1.19 bits per heavy atom. The number of carbonyl (C=O) groups excluding carboxylic acids is 1. The van der Waals surface area contributed by atoms with E-state index in [0.29, 0.717) is 49.1 Å². The minimum Gasteiger partial charge on any atom is -0.486 e. The van der Waals surface area contributed by atoms with Gasteiger partial charge in [0.15, 0.2) is 17.6 Å². The largest absolute Gasteiger partial charge is 0.486 e. The van der Waals surface area contributed by atoms with Crippen molar-refractivity contribution in [3.63, 3.8) is 0 Å². The van der Waals surface area contributed by atoms with Gasteiger partial charge in [-0.05, 0) is 58.2 Å². The third-order valence-corrected chi connectivity index (χ3v) is 5.96. The van der Waals surface area contributed by atoms with Crippen LogP contribution in [0.5, 0.6) is 11.5 Å². The molecule has 5 rings (SSSR count). The number of hydrogen-bond acceptors (Lipinski definition) is 7. The van der Waals surface area contributed by atoms with E-state index in [1.54, 1.807) is 0 Å². The van der Waals surface area contributed by atoms with E-state index in [2.05, 4.69) is 21.1 Å². The first-order chi connectivity index (χ1) is 15.0. The van der Waals surface area contributed by atoms with Crippen molar-refractivity contribution in [2.45, 2.75) is 25.9 Å². The summed E-state index contributed by atoms with van der Waals surface area (Å²) in [7, 11) is 0. The molecule has 31 heavy (non-hydrogen) atoms. The Balaban J connectivity index is 1.60. The quantitative estimate of drug-likeness (QED) is 0.675. The zero-order valence-electron chi connectivity index (χ0n) is 16.9. The van der Waals surface area contributed by atoms with E-state index >= 15 is 0 Å². The number of anilines is 1. The molecule has 2 aromatic rings. The Morgan fingerprint density at radius 3 is 2.68 bits per heavy atom. The predicted molar refractivity (Wildman–Crippen MR) is 120 cm³/mol. The zero-order valence-corrected chi connectivity index (χ0v) is 18.5. The summed E-state index contributed by atoms with van der Waals surface area (Å²) in [5.41, 5.74) is 10.9. The second kappa shape index (κ2) is 7.88. The van der Waals surface area contributed by atoms with Crippen molar-refractivity contribution >= 4 is 37.9 Å². The third-order valence-electron chi connectivity index (χ3n) is 5.49. The molecule has 9 heteroatoms. The molecule has 1 unspecified atom stereocenters. The molecular formula is C22H21BrN4O4. The fraction of sp³-hybridized carbons (Fsp3) is 0.318. The number of ether oxygens (including phenoxy) is 2. The highest BCUT2D eigenvalue weighted by molar-refractivity contribution is 9.18. The average Bonchev–Trinajstić information content (AvgIpc) is 3.11. The topological polar surface area (TPSA) is 98.7 Å². The van der Waals surface area contributed by atoms with Gasteiger partial charge < -0.3 is 20.0 Å². The van der Waals surface area contributed by atoms with E-state index in [0.717, 1.165) is 26.9 Å². The first-order valence-electron chi connectivity index (χ1n) is 10.0. The Hall–Kier alpha value is -3.07. The van der Waals surface area contributed by atoms with Gasteiger partial charge in [-0.15, -0.1) is 0 Å². The second-order valence-electron chi connectivity index (χ2n) is 7.72. The molecule has 8 nitrogen and oxygen atoms in total. The van der Waals surface area contributed by atoms with Gasteiger partial charge in [-0.3, -0.25) is 4.79 Å². The van der Waals surface area contributed by atoms with E-state index in [1.807, 2.05) is 37.3 Å². The lowest BCUT2D eigenvalue weighted by Crippen LogP contribution is -2.34. The molecule has 0 saturated carbocycles. The van der Waals surface area contributed by atoms with Crippen molar-refractivity contribution in [1.29, 1.82) is 0 Å². The number of hydrazone groups is 1. The van der Waals surface area contributed by atoms with Crippen molar-refractivity contribution in [3.05, 3.63) is 52.6 Å². The van der Waals surface area contributed by atoms with Crippen molar-refractivity contribution in [1.82, 2.24) is 5.01 Å². The molecule has 3 aliphatic heterocycles. The molecule has 2 aromatic carbocycles. The van der Waals surface area contributed by atoms with Gasteiger partial charge in [-0.1, -0.05) is 11.2 Å². The van der Waals surface area contributed by atoms with Gasteiger partial charge in [-0.2, -0.15) is 5.10 Å². The van der Waals surface area contributed by atoms with Gasteiger partial charge in [0.2, 0.25) is 5.91 Å². The molecule has 3 heterocycles. The van der Waals surface area contributed by atoms with Gasteiger partial charge >= 0.3 is 0 Å². The van der Waals surface area contributed by atoms with Crippen LogP contribution in [0, 0.1) is 6.92 Å². The van der Waals surface area contributed by atoms with Gasteiger partial charge in [-0.25, -0.2) is 5.01 Å². The molecule has 0 aromatic heterocycles. The maximum absolute atomic E-state index is 13.1. The summed E-state index contributed by atoms with van der Waals surface area (Å²) in [6.07, 6.45) is 0.540. The third kappa shape index (κ3) is 3.85. The van der Waals surface area contributed by atoms with Gasteiger partial charge in [0.25, 0.3) is 0 Å². The fourth-order valence-electron chi connectivity index (χ4n) is 3.85. The molecule has 0 saturated heterocycles. The maximum atomic E-state index is 13.1. The summed E-state index contributed by atoms with van der Waals surface area (Å²) in [4.78, 5) is 18.5. The van der Waals surface area contributed by atoms with E-state index in [1.165, 1.54) is 5.01 Å². The fourth-order valence-corrected chi connectivity index (χ4v) is 4.29. The van der Waals surface area contributed by atoms with Crippen LogP contribution in [-0.2, 0) is 16.1 Å². The summed E-state index contributed by atoms with van der Waals surface area (Å²) >= 11 is 3.34. The number of nitrogen functional groups attached to an aromatic ring is 1. The summed E-state index contributed by atoms with van der Waals surface area (Å²) < 4.78 is 12.3. The summed E-state index contributed by atoms with van der Waals surface area (Å²) in [5.74, 6) is 1.18. The lowest BCUT2D eigenvalue weighted by Gasteiger charge is -2.21. The van der Waals surface area contributed by atoms with Crippen LogP contribution < -0.4 is 15.2 Å². The van der Waals surface area contributed by atoms with Crippen LogP contribution in [0.25, 0.3) is 0 Å². The van der Waals surface area contributed by atoms with E-state index < -0.39 is 0 Å². The molecule has 1 amide bonds. The van der Waals surface area contributed by atoms with Crippen molar-refractivity contribution in [3.8, 4) is 11.5 Å². The Bertz CT molecular complexity index is 1130. The summed E-state index contributed by atoms with van der Waals surface area (Å²) in [6, 6.07) is 9.55. The SMILES string of the molecule is Cc1cc(C2=NN(CC3CC(Br)=NO3)C(=O)Cc3cc4c(cc32)OCCO4)ccc1N. The Labute approximate surface area is 187 Å². The highest BCUT2D eigenvalue weighted by atomic mass is 79.9. The smallest absolute Gasteiger partial charge is 0.247 e. The number of nitrogens with two attached hydrogens (primary N) is 1. The van der Waals surface area contributed by atoms with Gasteiger partial charge in [0.1, 0.15) is 17.8 Å². The number of benzene rings is 2. The molecule has 0 spiro atoms. The predicted octanol–water partition coefficient (Wildman–Crippen LogP) is 2.98. The molecule has 2 N–H and O–H groups in total. The number of carbonyl (C=O) groups is 1. The number of fused-ring (bicyclic) bond motifs is 2. The van der Waals surface area contributed by atoms with E-state index in [4.69, 9.17) is 25.1 Å². The standard InChI is InChI=1S/C22H21BrN4O4/c1-12-6-13(2-3-17(12)24)22-16-10-19-18(29-4-5-30-19)7-14(16)8-21(28)27(25-22)11-15-9-20(23)26-31-15/h2-3,6-7,10,15H,4-5,8-9,11,24H2,1H3. The number of oxime groups is 1. The Kier molecular flexibility index (Phi) is 5.05. The zero-order chi connectivity index (χ0) is 21.5. The van der Waals surface area contributed by atoms with E-state index in [-0.39, 0.29) is 18.4 Å². The normalized spacial score (nSPS) is 19.9.